The molecule has 4 heteroatoms. The summed E-state index contributed by atoms with van der Waals surface area (Å²) in [7, 11) is 0. The van der Waals surface area contributed by atoms with Gasteiger partial charge in [0.15, 0.2) is 0 Å². The maximum atomic E-state index is 5.76. The first-order valence-corrected chi connectivity index (χ1v) is 6.91. The smallest absolute Gasteiger partial charge is 0.121 e. The number of ether oxygens (including phenoxy) is 2. The van der Waals surface area contributed by atoms with Crippen molar-refractivity contribution in [2.24, 2.45) is 5.92 Å². The second-order valence-electron chi connectivity index (χ2n) is 5.52. The van der Waals surface area contributed by atoms with E-state index in [0.29, 0.717) is 12.0 Å². The highest BCUT2D eigenvalue weighted by atomic mass is 16.5. The van der Waals surface area contributed by atoms with Crippen LogP contribution in [0.15, 0.2) is 24.5 Å². The molecule has 19 heavy (non-hydrogen) atoms. The minimum absolute atomic E-state index is 0.442. The Bertz CT molecular complexity index is 558. The Morgan fingerprint density at radius 1 is 1.42 bits per heavy atom. The van der Waals surface area contributed by atoms with Crippen LogP contribution in [-0.2, 0) is 4.74 Å². The molecule has 0 radical (unpaired) electrons. The summed E-state index contributed by atoms with van der Waals surface area (Å²) in [5.74, 6) is 1.57. The summed E-state index contributed by atoms with van der Waals surface area (Å²) in [6.45, 7) is 6.75. The second-order valence-corrected chi connectivity index (χ2v) is 5.52. The van der Waals surface area contributed by atoms with E-state index in [9.17, 15) is 0 Å². The van der Waals surface area contributed by atoms with Crippen LogP contribution >= 0.6 is 0 Å². The van der Waals surface area contributed by atoms with E-state index in [1.165, 1.54) is 0 Å². The van der Waals surface area contributed by atoms with E-state index in [2.05, 4.69) is 29.5 Å². The summed E-state index contributed by atoms with van der Waals surface area (Å²) in [6.07, 6.45) is 2.97. The van der Waals surface area contributed by atoms with E-state index in [-0.39, 0.29) is 0 Å². The molecule has 0 bridgehead atoms. The summed E-state index contributed by atoms with van der Waals surface area (Å²) < 4.78 is 13.2. The molecule has 2 heterocycles. The molecule has 0 unspecified atom stereocenters. The van der Waals surface area contributed by atoms with Crippen LogP contribution in [0.1, 0.15) is 26.3 Å². The number of hydrogen-bond donors (Lipinski definition) is 0. The van der Waals surface area contributed by atoms with Crippen molar-refractivity contribution in [2.75, 3.05) is 19.8 Å². The Hall–Kier alpha value is -1.55. The van der Waals surface area contributed by atoms with Crippen LogP contribution in [0.2, 0.25) is 0 Å². The molecule has 0 spiro atoms. The van der Waals surface area contributed by atoms with Gasteiger partial charge in [0.05, 0.1) is 43.2 Å². The fourth-order valence-corrected chi connectivity index (χ4v) is 2.19. The number of imidazole rings is 1. The third-order valence-electron chi connectivity index (χ3n) is 3.52. The maximum Gasteiger partial charge on any atom is 0.121 e. The molecule has 1 aliphatic rings. The van der Waals surface area contributed by atoms with Crippen LogP contribution in [-0.4, -0.2) is 29.4 Å². The van der Waals surface area contributed by atoms with Crippen LogP contribution in [0.4, 0.5) is 0 Å². The summed E-state index contributed by atoms with van der Waals surface area (Å²) >= 11 is 0. The summed E-state index contributed by atoms with van der Waals surface area (Å²) in [5.41, 5.74) is 2.15. The van der Waals surface area contributed by atoms with Gasteiger partial charge in [-0.25, -0.2) is 4.98 Å². The normalized spacial score (nSPS) is 15.9. The summed E-state index contributed by atoms with van der Waals surface area (Å²) in [4.78, 5) is 4.45. The Kier molecular flexibility index (Phi) is 3.42. The first-order chi connectivity index (χ1) is 9.24. The molecule has 1 aromatic carbocycles. The molecule has 1 aromatic heterocycles. The number of fused-ring (bicyclic) bond motifs is 1. The van der Waals surface area contributed by atoms with Crippen LogP contribution < -0.4 is 4.74 Å². The quantitative estimate of drug-likeness (QED) is 0.829. The second kappa shape index (κ2) is 5.21. The van der Waals surface area contributed by atoms with Crippen molar-refractivity contribution in [3.63, 3.8) is 0 Å². The van der Waals surface area contributed by atoms with E-state index < -0.39 is 0 Å². The molecule has 1 fully saturated rings. The Morgan fingerprint density at radius 2 is 2.26 bits per heavy atom. The Labute approximate surface area is 113 Å². The minimum atomic E-state index is 0.442. The lowest BCUT2D eigenvalue weighted by Crippen LogP contribution is -2.30. The number of hydrogen-bond acceptors (Lipinski definition) is 3. The van der Waals surface area contributed by atoms with Gasteiger partial charge in [0.25, 0.3) is 0 Å². The molecule has 0 saturated carbocycles. The van der Waals surface area contributed by atoms with Gasteiger partial charge in [-0.1, -0.05) is 13.8 Å². The lowest BCUT2D eigenvalue weighted by molar-refractivity contribution is -0.0216. The molecule has 0 aliphatic carbocycles. The summed E-state index contributed by atoms with van der Waals surface area (Å²) in [5, 5.41) is 0. The topological polar surface area (TPSA) is 36.3 Å². The lowest BCUT2D eigenvalue weighted by Gasteiger charge is -2.27. The number of benzene rings is 1. The van der Waals surface area contributed by atoms with Crippen molar-refractivity contribution in [1.29, 1.82) is 0 Å². The number of aromatic nitrogens is 2. The molecule has 2 aromatic rings. The third-order valence-corrected chi connectivity index (χ3v) is 3.52. The van der Waals surface area contributed by atoms with Gasteiger partial charge in [-0.15, -0.1) is 0 Å². The highest BCUT2D eigenvalue weighted by Gasteiger charge is 2.21. The van der Waals surface area contributed by atoms with Crippen molar-refractivity contribution in [2.45, 2.75) is 26.3 Å². The van der Waals surface area contributed by atoms with Gasteiger partial charge in [0.1, 0.15) is 5.75 Å². The van der Waals surface area contributed by atoms with Crippen molar-refractivity contribution in [1.82, 2.24) is 9.55 Å². The van der Waals surface area contributed by atoms with E-state index in [0.717, 1.165) is 43.0 Å². The lowest BCUT2D eigenvalue weighted by atomic mass is 10.1. The Balaban J connectivity index is 1.74. The average Bonchev–Trinajstić information content (AvgIpc) is 2.70. The van der Waals surface area contributed by atoms with Gasteiger partial charge in [-0.05, 0) is 24.5 Å². The van der Waals surface area contributed by atoms with Gasteiger partial charge in [-0.2, -0.15) is 0 Å². The van der Waals surface area contributed by atoms with Crippen molar-refractivity contribution < 1.29 is 9.47 Å². The zero-order valence-electron chi connectivity index (χ0n) is 11.5. The molecule has 3 rings (SSSR count). The number of rotatable bonds is 5. The predicted octanol–water partition coefficient (Wildman–Crippen LogP) is 3.03. The van der Waals surface area contributed by atoms with Crippen molar-refractivity contribution >= 4 is 11.0 Å². The molecule has 0 atom stereocenters. The molecular formula is C15H20N2O2. The first kappa shape index (κ1) is 12.5. The Morgan fingerprint density at radius 3 is 2.95 bits per heavy atom. The fraction of sp³-hybridized carbons (Fsp3) is 0.533. The molecule has 0 amide bonds. The average molecular weight is 260 g/mol. The summed E-state index contributed by atoms with van der Waals surface area (Å²) in [6, 6.07) is 6.58. The monoisotopic (exact) mass is 260 g/mol. The molecule has 102 valence electrons. The van der Waals surface area contributed by atoms with Gasteiger partial charge >= 0.3 is 0 Å². The van der Waals surface area contributed by atoms with Gasteiger partial charge < -0.3 is 14.0 Å². The fourth-order valence-electron chi connectivity index (χ4n) is 2.19. The third kappa shape index (κ3) is 2.59. The van der Waals surface area contributed by atoms with Crippen LogP contribution in [0.25, 0.3) is 11.0 Å². The van der Waals surface area contributed by atoms with Crippen LogP contribution in [0.3, 0.4) is 0 Å². The van der Waals surface area contributed by atoms with Gasteiger partial charge in [-0.3, -0.25) is 0 Å². The molecule has 0 N–H and O–H groups in total. The van der Waals surface area contributed by atoms with Crippen molar-refractivity contribution in [3.8, 4) is 5.75 Å². The predicted molar refractivity (Wildman–Crippen MR) is 74.5 cm³/mol. The van der Waals surface area contributed by atoms with E-state index in [4.69, 9.17) is 9.47 Å². The highest BCUT2D eigenvalue weighted by molar-refractivity contribution is 5.77. The maximum absolute atomic E-state index is 5.76. The van der Waals surface area contributed by atoms with E-state index >= 15 is 0 Å². The van der Waals surface area contributed by atoms with Gasteiger partial charge in [0, 0.05) is 6.07 Å². The molecular weight excluding hydrogens is 240 g/mol. The molecule has 1 saturated heterocycles. The van der Waals surface area contributed by atoms with E-state index in [1.54, 1.807) is 0 Å². The standard InChI is InChI=1S/C15H20N2O2/c1-11(2)5-6-19-13-3-4-15-14(7-13)16-10-17(15)12-8-18-9-12/h3-4,7,10-12H,5-6,8-9H2,1-2H3. The largest absolute Gasteiger partial charge is 0.494 e. The van der Waals surface area contributed by atoms with Crippen LogP contribution in [0, 0.1) is 5.92 Å². The van der Waals surface area contributed by atoms with Gasteiger partial charge in [0.2, 0.25) is 0 Å². The minimum Gasteiger partial charge on any atom is -0.494 e. The molecule has 4 nitrogen and oxygen atoms in total. The number of nitrogens with zero attached hydrogens (tertiary/aromatic N) is 2. The van der Waals surface area contributed by atoms with Crippen molar-refractivity contribution in [3.05, 3.63) is 24.5 Å². The van der Waals surface area contributed by atoms with Crippen LogP contribution in [0.5, 0.6) is 5.75 Å². The zero-order valence-corrected chi connectivity index (χ0v) is 11.5. The SMILES string of the molecule is CC(C)CCOc1ccc2c(c1)ncn2C1COC1. The zero-order chi connectivity index (χ0) is 13.2. The molecule has 1 aliphatic heterocycles. The first-order valence-electron chi connectivity index (χ1n) is 6.91. The highest BCUT2D eigenvalue weighted by Crippen LogP contribution is 2.26. The van der Waals surface area contributed by atoms with E-state index in [1.807, 2.05) is 18.5 Å².